The van der Waals surface area contributed by atoms with Gasteiger partial charge in [0.15, 0.2) is 0 Å². The lowest BCUT2D eigenvalue weighted by atomic mass is 10.0. The molecule has 1 fully saturated rings. The molecule has 7 heteroatoms. The zero-order valence-electron chi connectivity index (χ0n) is 18.1. The molecule has 1 N–H and O–H groups in total. The topological polar surface area (TPSA) is 70.5 Å². The number of likely N-dealkylation sites (N-methyl/N-ethyl adjacent to an activating group) is 1. The summed E-state index contributed by atoms with van der Waals surface area (Å²) in [5, 5.41) is 9.47. The first-order chi connectivity index (χ1) is 15.0. The Bertz CT molecular complexity index is 1070. The Kier molecular flexibility index (Phi) is 6.32. The van der Waals surface area contributed by atoms with E-state index < -0.39 is 6.04 Å². The average Bonchev–Trinajstić information content (AvgIpc) is 3.19. The van der Waals surface area contributed by atoms with E-state index in [1.165, 1.54) is 16.3 Å². The van der Waals surface area contributed by atoms with Crippen molar-refractivity contribution >= 4 is 22.6 Å². The molecule has 162 valence electrons. The molecule has 0 aliphatic carbocycles. The smallest absolute Gasteiger partial charge is 0.237 e. The van der Waals surface area contributed by atoms with Gasteiger partial charge in [0, 0.05) is 46.5 Å². The summed E-state index contributed by atoms with van der Waals surface area (Å²) in [6, 6.07) is 14.1. The first kappa shape index (κ1) is 21.1. The van der Waals surface area contributed by atoms with Gasteiger partial charge >= 0.3 is 0 Å². The minimum Gasteiger partial charge on any atom is -0.353 e. The third-order valence-corrected chi connectivity index (χ3v) is 5.98. The van der Waals surface area contributed by atoms with E-state index in [2.05, 4.69) is 39.6 Å². The number of nitrogens with one attached hydrogen (secondary N) is 1. The highest BCUT2D eigenvalue weighted by Crippen LogP contribution is 2.22. The predicted octanol–water partition coefficient (Wildman–Crippen LogP) is 1.96. The number of hydrogen-bond acceptors (Lipinski definition) is 4. The minimum atomic E-state index is -0.457. The maximum atomic E-state index is 12.9. The Hall–Kier alpha value is -3.19. The average molecular weight is 420 g/mol. The van der Waals surface area contributed by atoms with E-state index in [0.717, 1.165) is 18.5 Å². The van der Waals surface area contributed by atoms with Gasteiger partial charge in [0.05, 0.1) is 18.7 Å². The quantitative estimate of drug-likeness (QED) is 0.636. The molecule has 0 radical (unpaired) electrons. The van der Waals surface area contributed by atoms with Gasteiger partial charge in [-0.15, -0.1) is 0 Å². The minimum absolute atomic E-state index is 0.0196. The van der Waals surface area contributed by atoms with Gasteiger partial charge < -0.3 is 10.2 Å². The van der Waals surface area contributed by atoms with Gasteiger partial charge in [-0.3, -0.25) is 19.2 Å². The molecule has 0 bridgehead atoms. The SMILES string of the molecule is CN(CCc1cnn(C)c1)C(=O)CC1C(=O)NCCN1Cc1cccc2ccccc12. The van der Waals surface area contributed by atoms with Crippen LogP contribution < -0.4 is 5.32 Å². The van der Waals surface area contributed by atoms with Crippen LogP contribution in [0.3, 0.4) is 0 Å². The molecular weight excluding hydrogens is 390 g/mol. The van der Waals surface area contributed by atoms with Crippen LogP contribution in [0.15, 0.2) is 54.9 Å². The van der Waals surface area contributed by atoms with Crippen molar-refractivity contribution in [3.63, 3.8) is 0 Å². The van der Waals surface area contributed by atoms with Gasteiger partial charge in [-0.2, -0.15) is 5.10 Å². The number of benzene rings is 2. The van der Waals surface area contributed by atoms with Crippen LogP contribution in [0.25, 0.3) is 10.8 Å². The molecule has 4 rings (SSSR count). The van der Waals surface area contributed by atoms with Crippen LogP contribution in [0, 0.1) is 0 Å². The number of carbonyl (C=O) groups is 2. The maximum Gasteiger partial charge on any atom is 0.237 e. The molecule has 1 saturated heterocycles. The van der Waals surface area contributed by atoms with Crippen molar-refractivity contribution in [2.75, 3.05) is 26.7 Å². The van der Waals surface area contributed by atoms with Crippen molar-refractivity contribution in [3.05, 3.63) is 66.0 Å². The summed E-state index contributed by atoms with van der Waals surface area (Å²) in [6.45, 7) is 2.58. The van der Waals surface area contributed by atoms with Crippen molar-refractivity contribution in [2.24, 2.45) is 7.05 Å². The van der Waals surface area contributed by atoms with Crippen LogP contribution in [0.5, 0.6) is 0 Å². The summed E-state index contributed by atoms with van der Waals surface area (Å²) in [6.07, 6.45) is 4.70. The molecule has 7 nitrogen and oxygen atoms in total. The lowest BCUT2D eigenvalue weighted by Gasteiger charge is -2.35. The van der Waals surface area contributed by atoms with E-state index in [9.17, 15) is 9.59 Å². The van der Waals surface area contributed by atoms with Gasteiger partial charge in [0.1, 0.15) is 0 Å². The maximum absolute atomic E-state index is 12.9. The van der Waals surface area contributed by atoms with E-state index in [0.29, 0.717) is 19.6 Å². The van der Waals surface area contributed by atoms with Gasteiger partial charge in [0.2, 0.25) is 11.8 Å². The summed E-state index contributed by atoms with van der Waals surface area (Å²) < 4.78 is 1.76. The fourth-order valence-corrected chi connectivity index (χ4v) is 4.17. The molecule has 1 aliphatic rings. The summed E-state index contributed by atoms with van der Waals surface area (Å²) in [4.78, 5) is 29.4. The molecule has 1 aromatic heterocycles. The summed E-state index contributed by atoms with van der Waals surface area (Å²) >= 11 is 0. The Morgan fingerprint density at radius 3 is 2.84 bits per heavy atom. The standard InChI is InChI=1S/C24H29N5O2/c1-27(12-10-18-15-26-28(2)16-18)23(30)14-22-24(31)25-11-13-29(22)17-20-8-5-7-19-6-3-4-9-21(19)20/h3-9,15-16,22H,10-14,17H2,1-2H3,(H,25,31). The molecule has 3 aromatic rings. The van der Waals surface area contributed by atoms with Crippen LogP contribution in [0.4, 0.5) is 0 Å². The predicted molar refractivity (Wildman–Crippen MR) is 120 cm³/mol. The first-order valence-electron chi connectivity index (χ1n) is 10.7. The third-order valence-electron chi connectivity index (χ3n) is 5.98. The zero-order chi connectivity index (χ0) is 21.8. The van der Waals surface area contributed by atoms with Crippen molar-refractivity contribution in [1.29, 1.82) is 0 Å². The fraction of sp³-hybridized carbons (Fsp3) is 0.375. The van der Waals surface area contributed by atoms with E-state index in [1.54, 1.807) is 16.6 Å². The number of aryl methyl sites for hydroxylation is 1. The number of amides is 2. The van der Waals surface area contributed by atoms with E-state index >= 15 is 0 Å². The molecule has 0 saturated carbocycles. The number of nitrogens with zero attached hydrogens (tertiary/aromatic N) is 4. The Labute approximate surface area is 182 Å². The van der Waals surface area contributed by atoms with Crippen LogP contribution in [-0.4, -0.2) is 64.1 Å². The zero-order valence-corrected chi connectivity index (χ0v) is 18.1. The van der Waals surface area contributed by atoms with E-state index in [4.69, 9.17) is 0 Å². The number of hydrogen-bond donors (Lipinski definition) is 1. The Balaban J connectivity index is 1.43. The number of fused-ring (bicyclic) bond motifs is 1. The highest BCUT2D eigenvalue weighted by molar-refractivity contribution is 5.89. The Morgan fingerprint density at radius 1 is 1.23 bits per heavy atom. The van der Waals surface area contributed by atoms with E-state index in [-0.39, 0.29) is 18.2 Å². The number of rotatable bonds is 7. The normalized spacial score (nSPS) is 17.0. The van der Waals surface area contributed by atoms with Crippen LogP contribution in [0.2, 0.25) is 0 Å². The second kappa shape index (κ2) is 9.31. The Morgan fingerprint density at radius 2 is 2.03 bits per heavy atom. The van der Waals surface area contributed by atoms with E-state index in [1.807, 2.05) is 37.6 Å². The first-order valence-corrected chi connectivity index (χ1v) is 10.7. The molecule has 2 aromatic carbocycles. The molecule has 2 amide bonds. The second-order valence-corrected chi connectivity index (χ2v) is 8.21. The van der Waals surface area contributed by atoms with Gasteiger partial charge in [-0.25, -0.2) is 0 Å². The van der Waals surface area contributed by atoms with Crippen molar-refractivity contribution in [1.82, 2.24) is 24.9 Å². The lowest BCUT2D eigenvalue weighted by molar-refractivity contribution is -0.138. The molecule has 1 unspecified atom stereocenters. The lowest BCUT2D eigenvalue weighted by Crippen LogP contribution is -2.56. The van der Waals surface area contributed by atoms with Crippen LogP contribution in [-0.2, 0) is 29.6 Å². The van der Waals surface area contributed by atoms with Gasteiger partial charge in [-0.1, -0.05) is 42.5 Å². The molecule has 1 atom stereocenters. The number of carbonyl (C=O) groups excluding carboxylic acids is 2. The molecular formula is C24H29N5O2. The number of piperazine rings is 1. The highest BCUT2D eigenvalue weighted by Gasteiger charge is 2.32. The van der Waals surface area contributed by atoms with Crippen LogP contribution in [0.1, 0.15) is 17.5 Å². The van der Waals surface area contributed by atoms with Crippen LogP contribution >= 0.6 is 0 Å². The monoisotopic (exact) mass is 419 g/mol. The van der Waals surface area contributed by atoms with Crippen molar-refractivity contribution in [2.45, 2.75) is 25.4 Å². The van der Waals surface area contributed by atoms with Crippen molar-refractivity contribution < 1.29 is 9.59 Å². The summed E-state index contributed by atoms with van der Waals surface area (Å²) in [5.74, 6) is -0.0886. The number of aromatic nitrogens is 2. The van der Waals surface area contributed by atoms with Crippen molar-refractivity contribution in [3.8, 4) is 0 Å². The summed E-state index contributed by atoms with van der Waals surface area (Å²) in [7, 11) is 3.68. The largest absolute Gasteiger partial charge is 0.353 e. The highest BCUT2D eigenvalue weighted by atomic mass is 16.2. The molecule has 31 heavy (non-hydrogen) atoms. The summed E-state index contributed by atoms with van der Waals surface area (Å²) in [5.41, 5.74) is 2.27. The third kappa shape index (κ3) is 4.94. The fourth-order valence-electron chi connectivity index (χ4n) is 4.17. The second-order valence-electron chi connectivity index (χ2n) is 8.21. The molecule has 1 aliphatic heterocycles. The molecule has 0 spiro atoms. The van der Waals surface area contributed by atoms with Gasteiger partial charge in [-0.05, 0) is 28.3 Å². The van der Waals surface area contributed by atoms with Gasteiger partial charge in [0.25, 0.3) is 0 Å². The molecule has 2 heterocycles.